The Bertz CT molecular complexity index is 959. The molecule has 0 spiro atoms. The Balaban J connectivity index is 1.77. The Morgan fingerprint density at radius 3 is 2.68 bits per heavy atom. The predicted octanol–water partition coefficient (Wildman–Crippen LogP) is 2.09. The van der Waals surface area contributed by atoms with Crippen LogP contribution in [0.3, 0.4) is 0 Å². The van der Waals surface area contributed by atoms with E-state index in [1.165, 1.54) is 41.1 Å². The minimum atomic E-state index is -5.70. The maximum Gasteiger partial charge on any atom is 0.523 e. The highest BCUT2D eigenvalue weighted by atomic mass is 32.2. The summed E-state index contributed by atoms with van der Waals surface area (Å²) < 4.78 is 62.5. The van der Waals surface area contributed by atoms with Gasteiger partial charge < -0.3 is 9.69 Å². The van der Waals surface area contributed by atoms with Crippen LogP contribution in [0.2, 0.25) is 0 Å². The van der Waals surface area contributed by atoms with Crippen LogP contribution in [0.1, 0.15) is 25.1 Å². The number of carbonyl (C=O) groups is 2. The minimum absolute atomic E-state index is 0.142. The minimum Gasteiger partial charge on any atom is -0.311 e. The van der Waals surface area contributed by atoms with Gasteiger partial charge >= 0.3 is 15.6 Å². The van der Waals surface area contributed by atoms with Gasteiger partial charge in [-0.15, -0.1) is 11.8 Å². The summed E-state index contributed by atoms with van der Waals surface area (Å²) in [5.41, 5.74) is -4.69. The van der Waals surface area contributed by atoms with E-state index < -0.39 is 33.0 Å². The number of alkyl halides is 3. The number of aromatic nitrogens is 1. The molecule has 1 amide bonds. The summed E-state index contributed by atoms with van der Waals surface area (Å²) >= 11 is 1.45. The number of thioether (sulfide) groups is 1. The van der Waals surface area contributed by atoms with Crippen LogP contribution in [0.4, 0.5) is 13.2 Å². The van der Waals surface area contributed by atoms with Crippen molar-refractivity contribution in [2.24, 2.45) is 0 Å². The molecule has 0 bridgehead atoms. The highest BCUT2D eigenvalue weighted by molar-refractivity contribution is 8.01. The Morgan fingerprint density at radius 2 is 2.07 bits per heavy atom. The smallest absolute Gasteiger partial charge is 0.311 e. The fourth-order valence-electron chi connectivity index (χ4n) is 2.93. The predicted molar refractivity (Wildman–Crippen MR) is 94.1 cm³/mol. The summed E-state index contributed by atoms with van der Waals surface area (Å²) in [6.07, 6.45) is 3.48. The third-order valence-corrected chi connectivity index (χ3v) is 6.92. The second-order valence-electron chi connectivity index (χ2n) is 6.72. The van der Waals surface area contributed by atoms with Gasteiger partial charge in [0.25, 0.3) is 5.91 Å². The van der Waals surface area contributed by atoms with Gasteiger partial charge in [-0.3, -0.25) is 14.0 Å². The van der Waals surface area contributed by atoms with E-state index in [0.29, 0.717) is 5.57 Å². The lowest BCUT2D eigenvalue weighted by Gasteiger charge is -2.38. The first-order valence-corrected chi connectivity index (χ1v) is 10.2. The summed E-state index contributed by atoms with van der Waals surface area (Å²) in [5, 5.41) is -0.315. The molecule has 0 radical (unpaired) electrons. The van der Waals surface area contributed by atoms with Crippen molar-refractivity contribution in [3.8, 4) is 0 Å². The normalized spacial score (nSPS) is 25.5. The van der Waals surface area contributed by atoms with Gasteiger partial charge in [0.2, 0.25) is 0 Å². The van der Waals surface area contributed by atoms with Crippen LogP contribution in [0, 0.1) is 0 Å². The van der Waals surface area contributed by atoms with Crippen molar-refractivity contribution in [3.63, 3.8) is 0 Å². The first-order valence-electron chi connectivity index (χ1n) is 7.95. The van der Waals surface area contributed by atoms with Gasteiger partial charge in [-0.25, -0.2) is 0 Å². The first kappa shape index (κ1) is 20.8. The van der Waals surface area contributed by atoms with Crippen molar-refractivity contribution in [1.82, 2.24) is 9.88 Å². The molecule has 1 unspecified atom stereocenters. The van der Waals surface area contributed by atoms with Crippen LogP contribution < -0.4 is 0 Å². The number of pyridine rings is 1. The zero-order valence-corrected chi connectivity index (χ0v) is 16.3. The molecule has 0 N–H and O–H groups in total. The molecule has 1 aromatic rings. The van der Waals surface area contributed by atoms with Crippen LogP contribution in [0.15, 0.2) is 23.9 Å². The van der Waals surface area contributed by atoms with Crippen molar-refractivity contribution >= 4 is 40.1 Å². The Kier molecular flexibility index (Phi) is 5.09. The summed E-state index contributed by atoms with van der Waals surface area (Å²) in [6.45, 7) is 2.90. The van der Waals surface area contributed by atoms with E-state index in [9.17, 15) is 31.2 Å². The molecular weight excluding hydrogens is 421 g/mol. The molecule has 2 aliphatic heterocycles. The number of nitrogens with zero attached hydrogens (tertiary/aromatic N) is 2. The maximum atomic E-state index is 12.4. The SMILES string of the molecule is CC1(C)SC2/C(=C\c3cc(COS(=O)(=O)C(F)(F)F)ccn3)C(=O)N2[C@H]1C=O. The summed E-state index contributed by atoms with van der Waals surface area (Å²) in [4.78, 5) is 29.2. The van der Waals surface area contributed by atoms with E-state index in [1.54, 1.807) is 0 Å². The topological polar surface area (TPSA) is 93.6 Å². The standard InChI is InChI=1S/C16H15F3N2O5S2/c1-15(2)12(7-22)21-13(23)11(14(21)27-15)6-10-5-9(3-4-20-10)8-26-28(24,25)16(17,18)19/h3-7,12,14H,8H2,1-2H3/b11-6-/t12-,14?/m0/s1. The molecule has 2 fully saturated rings. The summed E-state index contributed by atoms with van der Waals surface area (Å²) in [5.74, 6) is -0.316. The number of amides is 1. The Morgan fingerprint density at radius 1 is 1.39 bits per heavy atom. The lowest BCUT2D eigenvalue weighted by molar-refractivity contribution is -0.139. The van der Waals surface area contributed by atoms with Crippen LogP contribution in [0.5, 0.6) is 0 Å². The highest BCUT2D eigenvalue weighted by Gasteiger charge is 2.58. The van der Waals surface area contributed by atoms with E-state index in [1.807, 2.05) is 13.8 Å². The molecule has 3 rings (SSSR count). The Hall–Kier alpha value is -1.92. The van der Waals surface area contributed by atoms with Gasteiger partial charge in [0.05, 0.1) is 17.9 Å². The number of halogens is 3. The Labute approximate surface area is 163 Å². The molecule has 0 aromatic carbocycles. The quantitative estimate of drug-likeness (QED) is 0.229. The van der Waals surface area contributed by atoms with E-state index in [2.05, 4.69) is 9.17 Å². The number of aldehydes is 1. The molecule has 2 aliphatic rings. The van der Waals surface area contributed by atoms with Gasteiger partial charge in [0.15, 0.2) is 0 Å². The molecule has 3 heterocycles. The maximum absolute atomic E-state index is 12.4. The molecular formula is C16H15F3N2O5S2. The molecule has 2 atom stereocenters. The number of carbonyl (C=O) groups excluding carboxylic acids is 2. The molecule has 0 saturated carbocycles. The number of rotatable bonds is 5. The summed E-state index contributed by atoms with van der Waals surface area (Å²) in [7, 11) is -5.70. The van der Waals surface area contributed by atoms with Crippen molar-refractivity contribution in [2.75, 3.05) is 0 Å². The average molecular weight is 436 g/mol. The zero-order chi connectivity index (χ0) is 20.9. The van der Waals surface area contributed by atoms with Crippen molar-refractivity contribution in [3.05, 3.63) is 35.2 Å². The molecule has 12 heteroatoms. The molecule has 2 saturated heterocycles. The largest absolute Gasteiger partial charge is 0.523 e. The fraction of sp³-hybridized carbons (Fsp3) is 0.438. The third-order valence-electron chi connectivity index (χ3n) is 4.37. The zero-order valence-electron chi connectivity index (χ0n) is 14.6. The van der Waals surface area contributed by atoms with Gasteiger partial charge in [0.1, 0.15) is 17.7 Å². The van der Waals surface area contributed by atoms with Gasteiger partial charge in [0, 0.05) is 10.9 Å². The number of fused-ring (bicyclic) bond motifs is 1. The van der Waals surface area contributed by atoms with Crippen LogP contribution >= 0.6 is 11.8 Å². The fourth-order valence-corrected chi connectivity index (χ4v) is 4.87. The second-order valence-corrected chi connectivity index (χ2v) is 10.1. The lowest BCUT2D eigenvalue weighted by Crippen LogP contribution is -2.56. The lowest BCUT2D eigenvalue weighted by atomic mass is 9.96. The van der Waals surface area contributed by atoms with E-state index in [0.717, 1.165) is 6.29 Å². The number of hydrogen-bond donors (Lipinski definition) is 0. The number of hydrogen-bond acceptors (Lipinski definition) is 7. The van der Waals surface area contributed by atoms with Crippen LogP contribution in [-0.4, -0.2) is 52.2 Å². The van der Waals surface area contributed by atoms with Gasteiger partial charge in [-0.2, -0.15) is 21.6 Å². The molecule has 28 heavy (non-hydrogen) atoms. The van der Waals surface area contributed by atoms with Crippen molar-refractivity contribution in [2.45, 2.75) is 42.1 Å². The molecule has 0 aliphatic carbocycles. The monoisotopic (exact) mass is 436 g/mol. The van der Waals surface area contributed by atoms with E-state index in [-0.39, 0.29) is 22.5 Å². The molecule has 7 nitrogen and oxygen atoms in total. The molecule has 1 aromatic heterocycles. The van der Waals surface area contributed by atoms with Crippen molar-refractivity contribution < 1.29 is 35.4 Å². The van der Waals surface area contributed by atoms with Crippen LogP contribution in [-0.2, 0) is 30.5 Å². The molecule has 152 valence electrons. The third kappa shape index (κ3) is 3.55. The first-order chi connectivity index (χ1) is 12.9. The van der Waals surface area contributed by atoms with Gasteiger partial charge in [-0.05, 0) is 37.6 Å². The van der Waals surface area contributed by atoms with Crippen LogP contribution in [0.25, 0.3) is 6.08 Å². The average Bonchev–Trinajstić information content (AvgIpc) is 2.85. The summed E-state index contributed by atoms with van der Waals surface area (Å²) in [6, 6.07) is 2.09. The van der Waals surface area contributed by atoms with Gasteiger partial charge in [-0.1, -0.05) is 0 Å². The van der Waals surface area contributed by atoms with Crippen molar-refractivity contribution in [1.29, 1.82) is 0 Å². The number of β-lactam (4-membered cyclic amide) rings is 1. The second kappa shape index (κ2) is 6.85. The van der Waals surface area contributed by atoms with E-state index >= 15 is 0 Å². The van der Waals surface area contributed by atoms with E-state index in [4.69, 9.17) is 0 Å². The highest BCUT2D eigenvalue weighted by Crippen LogP contribution is 2.52.